The van der Waals surface area contributed by atoms with Crippen LogP contribution < -0.4 is 29.6 Å². The predicted octanol–water partition coefficient (Wildman–Crippen LogP) is 4.60. The number of carbonyl (C=O) groups is 7. The molecule has 0 heterocycles. The molecule has 56 heavy (non-hydrogen) atoms. The molecule has 0 aromatic heterocycles. The van der Waals surface area contributed by atoms with Gasteiger partial charge < -0.3 is 48.5 Å². The van der Waals surface area contributed by atoms with Gasteiger partial charge in [-0.3, -0.25) is 14.4 Å². The molecule has 0 aliphatic carbocycles. The van der Waals surface area contributed by atoms with Crippen LogP contribution in [0, 0.1) is 0 Å². The van der Waals surface area contributed by atoms with Gasteiger partial charge in [-0.25, -0.2) is 19.2 Å². The molecule has 4 aromatic carbocycles. The SMILES string of the molecule is COC(=O)c1cc(C(=O)Nc2cc(C(=O)c3cc(NC(=O)c4ccc(OC)c(C(=O)OC)c4)c(OC)c(C(=O)OC)c3)cc(C(=O)OC)c2OC)ccc1OC. The van der Waals surface area contributed by atoms with E-state index in [4.69, 9.17) is 37.9 Å². The lowest BCUT2D eigenvalue weighted by Crippen LogP contribution is -2.18. The van der Waals surface area contributed by atoms with Gasteiger partial charge in [-0.05, 0) is 60.7 Å². The highest BCUT2D eigenvalue weighted by Gasteiger charge is 2.27. The van der Waals surface area contributed by atoms with Gasteiger partial charge in [0.25, 0.3) is 11.8 Å². The zero-order valence-corrected chi connectivity index (χ0v) is 31.4. The van der Waals surface area contributed by atoms with Crippen molar-refractivity contribution in [3.63, 3.8) is 0 Å². The molecule has 0 radical (unpaired) electrons. The summed E-state index contributed by atoms with van der Waals surface area (Å²) in [5.74, 6) is -5.87. The summed E-state index contributed by atoms with van der Waals surface area (Å²) in [5.41, 5.74) is -1.41. The van der Waals surface area contributed by atoms with Gasteiger partial charge >= 0.3 is 23.9 Å². The van der Waals surface area contributed by atoms with Gasteiger partial charge in [0.1, 0.15) is 33.8 Å². The number of hydrogen-bond donors (Lipinski definition) is 2. The molecular formula is C39H36N2O15. The third-order valence-corrected chi connectivity index (χ3v) is 8.15. The smallest absolute Gasteiger partial charge is 0.341 e. The highest BCUT2D eigenvalue weighted by atomic mass is 16.5. The van der Waals surface area contributed by atoms with Crippen LogP contribution in [0.1, 0.15) is 78.1 Å². The minimum Gasteiger partial charge on any atom is -0.496 e. The van der Waals surface area contributed by atoms with Crippen molar-refractivity contribution in [1.82, 2.24) is 0 Å². The first kappa shape index (κ1) is 41.3. The molecule has 0 fully saturated rings. The Labute approximate surface area is 319 Å². The molecule has 0 spiro atoms. The van der Waals surface area contributed by atoms with Crippen molar-refractivity contribution in [3.8, 4) is 23.0 Å². The van der Waals surface area contributed by atoms with Gasteiger partial charge in [0, 0.05) is 22.3 Å². The van der Waals surface area contributed by atoms with E-state index in [1.807, 2.05) is 0 Å². The average Bonchev–Trinajstić information content (AvgIpc) is 3.23. The van der Waals surface area contributed by atoms with Crippen LogP contribution in [0.25, 0.3) is 0 Å². The van der Waals surface area contributed by atoms with E-state index in [-0.39, 0.29) is 78.9 Å². The average molecular weight is 773 g/mol. The Balaban J connectivity index is 1.85. The fraction of sp³-hybridized carbons (Fsp3) is 0.205. The van der Waals surface area contributed by atoms with E-state index in [2.05, 4.69) is 10.6 Å². The molecule has 0 atom stereocenters. The summed E-state index contributed by atoms with van der Waals surface area (Å²) in [6.45, 7) is 0. The second-order valence-electron chi connectivity index (χ2n) is 11.2. The van der Waals surface area contributed by atoms with E-state index in [0.29, 0.717) is 0 Å². The summed E-state index contributed by atoms with van der Waals surface area (Å²) in [6, 6.07) is 12.7. The number of rotatable bonds is 14. The molecule has 17 heteroatoms. The molecule has 2 N–H and O–H groups in total. The molecule has 4 aromatic rings. The van der Waals surface area contributed by atoms with E-state index in [1.54, 1.807) is 0 Å². The summed E-state index contributed by atoms with van der Waals surface area (Å²) < 4.78 is 40.7. The van der Waals surface area contributed by atoms with Crippen molar-refractivity contribution >= 4 is 52.8 Å². The van der Waals surface area contributed by atoms with E-state index in [1.165, 1.54) is 77.0 Å². The minimum atomic E-state index is -0.937. The maximum Gasteiger partial charge on any atom is 0.341 e. The second-order valence-corrected chi connectivity index (χ2v) is 11.2. The predicted molar refractivity (Wildman–Crippen MR) is 197 cm³/mol. The van der Waals surface area contributed by atoms with Gasteiger partial charge in [-0.15, -0.1) is 0 Å². The normalized spacial score (nSPS) is 10.3. The van der Waals surface area contributed by atoms with Crippen molar-refractivity contribution in [1.29, 1.82) is 0 Å². The number of anilines is 2. The molecule has 292 valence electrons. The van der Waals surface area contributed by atoms with E-state index < -0.39 is 41.5 Å². The van der Waals surface area contributed by atoms with E-state index in [9.17, 15) is 33.6 Å². The van der Waals surface area contributed by atoms with Crippen LogP contribution in [0.2, 0.25) is 0 Å². The Kier molecular flexibility index (Phi) is 13.3. The Bertz CT molecular complexity index is 2090. The topological polar surface area (TPSA) is 217 Å². The van der Waals surface area contributed by atoms with Crippen LogP contribution in [-0.2, 0) is 18.9 Å². The lowest BCUT2D eigenvalue weighted by molar-refractivity contribution is 0.0587. The first-order valence-corrected chi connectivity index (χ1v) is 16.1. The number of carbonyl (C=O) groups excluding carboxylic acids is 7. The van der Waals surface area contributed by atoms with Crippen molar-refractivity contribution in [2.24, 2.45) is 0 Å². The molecule has 0 unspecified atom stereocenters. The number of nitrogens with one attached hydrogen (secondary N) is 2. The molecule has 17 nitrogen and oxygen atoms in total. The molecule has 0 aliphatic rings. The van der Waals surface area contributed by atoms with Gasteiger partial charge in [0.15, 0.2) is 17.3 Å². The summed E-state index contributed by atoms with van der Waals surface area (Å²) >= 11 is 0. The maximum atomic E-state index is 14.3. The van der Waals surface area contributed by atoms with Crippen LogP contribution in [0.3, 0.4) is 0 Å². The largest absolute Gasteiger partial charge is 0.496 e. The fourth-order valence-corrected chi connectivity index (χ4v) is 5.46. The number of esters is 4. The Morgan fingerprint density at radius 1 is 0.393 bits per heavy atom. The van der Waals surface area contributed by atoms with Crippen LogP contribution >= 0.6 is 0 Å². The summed E-state index contributed by atoms with van der Waals surface area (Å²) in [6.07, 6.45) is 0. The number of amides is 2. The number of benzene rings is 4. The number of ether oxygens (including phenoxy) is 8. The van der Waals surface area contributed by atoms with Crippen molar-refractivity contribution < 1.29 is 71.5 Å². The van der Waals surface area contributed by atoms with Crippen LogP contribution in [-0.4, -0.2) is 98.4 Å². The van der Waals surface area contributed by atoms with Gasteiger partial charge in [-0.1, -0.05) is 0 Å². The molecule has 0 saturated heterocycles. The van der Waals surface area contributed by atoms with Gasteiger partial charge in [-0.2, -0.15) is 0 Å². The van der Waals surface area contributed by atoms with Crippen LogP contribution in [0.15, 0.2) is 60.7 Å². The molecule has 4 rings (SSSR count). The highest BCUT2D eigenvalue weighted by Crippen LogP contribution is 2.36. The summed E-state index contributed by atoms with van der Waals surface area (Å²) in [4.78, 5) is 92.1. The standard InChI is InChI=1S/C39H36N2O15/c1-49-29-11-9-19(13-23(29)36(45)53-5)34(43)40-27-17-21(15-25(32(27)51-3)38(47)55-7)31(42)22-16-26(39(48)56-8)33(52-4)28(18-22)41-35(44)20-10-12-30(50-2)24(14-20)37(46)54-6/h9-18H,1-8H3,(H,40,43)(H,41,44). The zero-order valence-electron chi connectivity index (χ0n) is 31.4. The Hall–Kier alpha value is -7.43. The zero-order chi connectivity index (χ0) is 41.3. The van der Waals surface area contributed by atoms with Crippen LogP contribution in [0.4, 0.5) is 11.4 Å². The van der Waals surface area contributed by atoms with Crippen molar-refractivity contribution in [3.05, 3.63) is 105 Å². The van der Waals surface area contributed by atoms with Crippen molar-refractivity contribution in [2.45, 2.75) is 0 Å². The fourth-order valence-electron chi connectivity index (χ4n) is 5.46. The third-order valence-electron chi connectivity index (χ3n) is 8.15. The maximum absolute atomic E-state index is 14.3. The van der Waals surface area contributed by atoms with Gasteiger partial charge in [0.05, 0.1) is 68.3 Å². The number of hydrogen-bond acceptors (Lipinski definition) is 15. The Morgan fingerprint density at radius 2 is 0.714 bits per heavy atom. The van der Waals surface area contributed by atoms with E-state index >= 15 is 0 Å². The number of ketones is 1. The monoisotopic (exact) mass is 772 g/mol. The van der Waals surface area contributed by atoms with Gasteiger partial charge in [0.2, 0.25) is 0 Å². The lowest BCUT2D eigenvalue weighted by Gasteiger charge is -2.18. The highest BCUT2D eigenvalue weighted by molar-refractivity contribution is 6.16. The third kappa shape index (κ3) is 8.52. The molecule has 0 aliphatic heterocycles. The molecule has 0 saturated carbocycles. The quantitative estimate of drug-likeness (QED) is 0.102. The first-order valence-electron chi connectivity index (χ1n) is 16.1. The minimum absolute atomic E-state index is 0.0292. The second kappa shape index (κ2) is 18.1. The molecule has 0 bridgehead atoms. The summed E-state index contributed by atoms with van der Waals surface area (Å²) in [7, 11) is 9.62. The Morgan fingerprint density at radius 3 is 1.02 bits per heavy atom. The summed E-state index contributed by atoms with van der Waals surface area (Å²) in [5, 5.41) is 5.19. The first-order chi connectivity index (χ1) is 26.8. The van der Waals surface area contributed by atoms with Crippen molar-refractivity contribution in [2.75, 3.05) is 67.5 Å². The lowest BCUT2D eigenvalue weighted by atomic mass is 9.96. The molecule has 2 amide bonds. The van der Waals surface area contributed by atoms with E-state index in [0.717, 1.165) is 40.6 Å². The van der Waals surface area contributed by atoms with Crippen LogP contribution in [0.5, 0.6) is 23.0 Å². The number of methoxy groups -OCH3 is 8. The molecular weight excluding hydrogens is 736 g/mol.